The number of carbonyl (C=O) groups is 3. The van der Waals surface area contributed by atoms with Gasteiger partial charge in [-0.3, -0.25) is 24.5 Å². The van der Waals surface area contributed by atoms with E-state index < -0.39 is 40.3 Å². The Bertz CT molecular complexity index is 1160. The molecule has 8 nitrogen and oxygen atoms in total. The van der Waals surface area contributed by atoms with E-state index >= 15 is 0 Å². The second-order valence-corrected chi connectivity index (χ2v) is 7.95. The molecular weight excluding hydrogens is 417 g/mol. The Kier molecular flexibility index (Phi) is 5.56. The van der Waals surface area contributed by atoms with E-state index in [1.807, 2.05) is 13.0 Å². The van der Waals surface area contributed by atoms with Crippen molar-refractivity contribution in [2.75, 3.05) is 0 Å². The van der Waals surface area contributed by atoms with Crippen LogP contribution in [0.3, 0.4) is 0 Å². The van der Waals surface area contributed by atoms with E-state index in [4.69, 9.17) is 0 Å². The molecule has 1 fully saturated rings. The van der Waals surface area contributed by atoms with Crippen molar-refractivity contribution in [2.24, 2.45) is 11.8 Å². The molecule has 0 radical (unpaired) electrons. The number of imide groups is 1. The number of hydrazine groups is 1. The minimum absolute atomic E-state index is 0.0830. The number of benzene rings is 2. The summed E-state index contributed by atoms with van der Waals surface area (Å²) >= 11 is 0. The standard InChI is InChI=1S/C23H20FN3O5/c1-14-9-10-18-19(11-14)23(30)26(22(18)29)25(13-16-5-2-3-8-20(16)24)21(28)15-6-4-7-17(12-15)27(31)32/h2-9,12,18-19H,10-11,13H2,1H3/t18-,19-/m1/s1. The van der Waals surface area contributed by atoms with Gasteiger partial charge in [0.15, 0.2) is 0 Å². The average molecular weight is 437 g/mol. The zero-order valence-electron chi connectivity index (χ0n) is 17.2. The van der Waals surface area contributed by atoms with Crippen molar-refractivity contribution in [3.8, 4) is 0 Å². The van der Waals surface area contributed by atoms with Crippen LogP contribution in [0.1, 0.15) is 35.7 Å². The summed E-state index contributed by atoms with van der Waals surface area (Å²) in [5.74, 6) is -3.64. The molecule has 32 heavy (non-hydrogen) atoms. The molecule has 0 bridgehead atoms. The quantitative estimate of drug-likeness (QED) is 0.308. The van der Waals surface area contributed by atoms with Crippen molar-refractivity contribution in [1.82, 2.24) is 10.0 Å². The molecule has 0 aromatic heterocycles. The number of rotatable bonds is 5. The summed E-state index contributed by atoms with van der Waals surface area (Å²) in [6.45, 7) is 1.50. The molecule has 1 saturated heterocycles. The van der Waals surface area contributed by atoms with E-state index in [0.717, 1.165) is 21.7 Å². The second kappa shape index (κ2) is 8.33. The maximum atomic E-state index is 14.4. The number of hydrogen-bond donors (Lipinski definition) is 0. The number of non-ortho nitro benzene ring substituents is 1. The van der Waals surface area contributed by atoms with Crippen molar-refractivity contribution in [3.63, 3.8) is 0 Å². The molecular formula is C23H20FN3O5. The maximum absolute atomic E-state index is 14.4. The SMILES string of the molecule is CC1=CC[C@H]2C(=O)N(N(Cc3ccccc3F)C(=O)c3cccc([N+](=O)[O-])c3)C(=O)[C@@H]2C1. The number of hydrogen-bond acceptors (Lipinski definition) is 5. The van der Waals surface area contributed by atoms with Gasteiger partial charge in [0.05, 0.1) is 23.3 Å². The van der Waals surface area contributed by atoms with Crippen LogP contribution >= 0.6 is 0 Å². The average Bonchev–Trinajstić information content (AvgIpc) is 3.02. The van der Waals surface area contributed by atoms with Gasteiger partial charge in [0.1, 0.15) is 5.82 Å². The Morgan fingerprint density at radius 1 is 1.16 bits per heavy atom. The lowest BCUT2D eigenvalue weighted by Gasteiger charge is -2.30. The molecule has 1 aliphatic carbocycles. The lowest BCUT2D eigenvalue weighted by Crippen LogP contribution is -2.50. The van der Waals surface area contributed by atoms with Crippen LogP contribution in [0.4, 0.5) is 10.1 Å². The Morgan fingerprint density at radius 2 is 1.88 bits per heavy atom. The number of nitro benzene ring substituents is 1. The minimum Gasteiger partial charge on any atom is -0.272 e. The number of halogens is 1. The molecule has 9 heteroatoms. The lowest BCUT2D eigenvalue weighted by atomic mass is 9.82. The lowest BCUT2D eigenvalue weighted by molar-refractivity contribution is -0.384. The summed E-state index contributed by atoms with van der Waals surface area (Å²) in [6.07, 6.45) is 2.69. The van der Waals surface area contributed by atoms with E-state index in [-0.39, 0.29) is 23.4 Å². The summed E-state index contributed by atoms with van der Waals surface area (Å²) in [4.78, 5) is 50.3. The zero-order chi connectivity index (χ0) is 23.0. The predicted octanol–water partition coefficient (Wildman–Crippen LogP) is 3.63. The Morgan fingerprint density at radius 3 is 2.59 bits per heavy atom. The van der Waals surface area contributed by atoms with Gasteiger partial charge in [-0.25, -0.2) is 9.40 Å². The molecule has 164 valence electrons. The van der Waals surface area contributed by atoms with Gasteiger partial charge in [0.25, 0.3) is 23.4 Å². The van der Waals surface area contributed by atoms with Crippen LogP contribution in [0.25, 0.3) is 0 Å². The van der Waals surface area contributed by atoms with Crippen LogP contribution in [0.2, 0.25) is 0 Å². The topological polar surface area (TPSA) is 101 Å². The molecule has 0 unspecified atom stereocenters. The minimum atomic E-state index is -0.804. The van der Waals surface area contributed by atoms with Gasteiger partial charge in [-0.1, -0.05) is 35.9 Å². The van der Waals surface area contributed by atoms with Crippen LogP contribution in [-0.2, 0) is 16.1 Å². The molecule has 2 aromatic carbocycles. The number of amides is 3. The van der Waals surface area contributed by atoms with Gasteiger partial charge in [-0.2, -0.15) is 5.01 Å². The monoisotopic (exact) mass is 437 g/mol. The van der Waals surface area contributed by atoms with Crippen LogP contribution in [0.15, 0.2) is 60.2 Å². The van der Waals surface area contributed by atoms with Crippen molar-refractivity contribution >= 4 is 23.4 Å². The summed E-state index contributed by atoms with van der Waals surface area (Å²) < 4.78 is 14.4. The summed E-state index contributed by atoms with van der Waals surface area (Å²) in [6, 6.07) is 10.7. The van der Waals surface area contributed by atoms with Crippen molar-refractivity contribution in [2.45, 2.75) is 26.3 Å². The van der Waals surface area contributed by atoms with E-state index in [0.29, 0.717) is 12.8 Å². The van der Waals surface area contributed by atoms with Crippen LogP contribution < -0.4 is 0 Å². The third kappa shape index (κ3) is 3.77. The Labute approximate surface area is 183 Å². The van der Waals surface area contributed by atoms with Crippen molar-refractivity contribution < 1.29 is 23.7 Å². The molecule has 4 rings (SSSR count). The van der Waals surface area contributed by atoms with Gasteiger partial charge < -0.3 is 0 Å². The van der Waals surface area contributed by atoms with Crippen LogP contribution in [-0.4, -0.2) is 32.7 Å². The highest BCUT2D eigenvalue weighted by molar-refractivity contribution is 6.08. The number of carbonyl (C=O) groups excluding carboxylic acids is 3. The fourth-order valence-corrected chi connectivity index (χ4v) is 4.18. The number of fused-ring (bicyclic) bond motifs is 1. The Balaban J connectivity index is 1.75. The number of nitro groups is 1. The first kappa shape index (κ1) is 21.4. The molecule has 2 aromatic rings. The fraction of sp³-hybridized carbons (Fsp3) is 0.261. The largest absolute Gasteiger partial charge is 0.273 e. The fourth-order valence-electron chi connectivity index (χ4n) is 4.18. The highest BCUT2D eigenvalue weighted by Crippen LogP contribution is 2.39. The molecule has 0 N–H and O–H groups in total. The summed E-state index contributed by atoms with van der Waals surface area (Å²) in [5.41, 5.74) is 0.700. The third-order valence-corrected chi connectivity index (χ3v) is 5.86. The molecule has 2 atom stereocenters. The van der Waals surface area contributed by atoms with Gasteiger partial charge in [0.2, 0.25) is 0 Å². The first-order valence-corrected chi connectivity index (χ1v) is 10.1. The van der Waals surface area contributed by atoms with E-state index in [1.165, 1.54) is 36.4 Å². The van der Waals surface area contributed by atoms with Crippen LogP contribution in [0.5, 0.6) is 0 Å². The van der Waals surface area contributed by atoms with Gasteiger partial charge >= 0.3 is 0 Å². The molecule has 0 spiro atoms. The third-order valence-electron chi connectivity index (χ3n) is 5.86. The van der Waals surface area contributed by atoms with E-state index in [1.54, 1.807) is 6.07 Å². The number of allylic oxidation sites excluding steroid dienone is 2. The smallest absolute Gasteiger partial charge is 0.272 e. The predicted molar refractivity (Wildman–Crippen MR) is 111 cm³/mol. The molecule has 2 aliphatic rings. The summed E-state index contributed by atoms with van der Waals surface area (Å²) in [5, 5.41) is 12.8. The zero-order valence-corrected chi connectivity index (χ0v) is 17.2. The van der Waals surface area contributed by atoms with E-state index in [9.17, 15) is 28.9 Å². The number of nitrogens with zero attached hydrogens (tertiary/aromatic N) is 3. The van der Waals surface area contributed by atoms with Crippen molar-refractivity contribution in [1.29, 1.82) is 0 Å². The molecule has 3 amide bonds. The molecule has 1 aliphatic heterocycles. The van der Waals surface area contributed by atoms with Gasteiger partial charge in [-0.15, -0.1) is 0 Å². The van der Waals surface area contributed by atoms with Gasteiger partial charge in [0, 0.05) is 23.3 Å². The maximum Gasteiger partial charge on any atom is 0.273 e. The van der Waals surface area contributed by atoms with E-state index in [2.05, 4.69) is 0 Å². The molecule has 1 heterocycles. The molecule has 0 saturated carbocycles. The highest BCUT2D eigenvalue weighted by Gasteiger charge is 2.51. The first-order chi connectivity index (χ1) is 15.3. The Hall–Kier alpha value is -3.88. The van der Waals surface area contributed by atoms with Crippen LogP contribution in [0, 0.1) is 27.8 Å². The first-order valence-electron chi connectivity index (χ1n) is 10.1. The highest BCUT2D eigenvalue weighted by atomic mass is 19.1. The second-order valence-electron chi connectivity index (χ2n) is 7.95. The normalized spacial score (nSPS) is 20.1. The summed E-state index contributed by atoms with van der Waals surface area (Å²) in [7, 11) is 0. The van der Waals surface area contributed by atoms with Crippen molar-refractivity contribution in [3.05, 3.63) is 87.2 Å². The van der Waals surface area contributed by atoms with Gasteiger partial charge in [-0.05, 0) is 31.9 Å².